The van der Waals surface area contributed by atoms with E-state index >= 15 is 0 Å². The number of hydrogen-bond donors (Lipinski definition) is 1. The molecule has 0 aromatic heterocycles. The Labute approximate surface area is 88.5 Å². The lowest BCUT2D eigenvalue weighted by atomic mass is 10.2. The van der Waals surface area contributed by atoms with Gasteiger partial charge in [0.25, 0.3) is 0 Å². The zero-order valence-corrected chi connectivity index (χ0v) is 8.67. The van der Waals surface area contributed by atoms with Crippen molar-refractivity contribution in [1.82, 2.24) is 0 Å². The van der Waals surface area contributed by atoms with E-state index in [2.05, 4.69) is 18.3 Å². The molecule has 2 rings (SSSR count). The van der Waals surface area contributed by atoms with Crippen LogP contribution in [0.3, 0.4) is 0 Å². The van der Waals surface area contributed by atoms with E-state index in [-0.39, 0.29) is 0 Å². The molecule has 0 radical (unpaired) electrons. The van der Waals surface area contributed by atoms with Gasteiger partial charge in [0.2, 0.25) is 0 Å². The van der Waals surface area contributed by atoms with E-state index in [0.29, 0.717) is 22.5 Å². The molecular weight excluding hydrogens is 196 g/mol. The summed E-state index contributed by atoms with van der Waals surface area (Å²) in [6.45, 7) is 2.19. The topological polar surface area (TPSA) is 35.8 Å². The molecule has 2 unspecified atom stereocenters. The Morgan fingerprint density at radius 3 is 2.86 bits per heavy atom. The molecular formula is C11H11ClN2. The highest BCUT2D eigenvalue weighted by molar-refractivity contribution is 6.32. The van der Waals surface area contributed by atoms with Crippen molar-refractivity contribution in [3.8, 4) is 6.07 Å². The van der Waals surface area contributed by atoms with Crippen molar-refractivity contribution in [2.45, 2.75) is 19.4 Å². The van der Waals surface area contributed by atoms with Crippen LogP contribution < -0.4 is 5.32 Å². The van der Waals surface area contributed by atoms with Gasteiger partial charge >= 0.3 is 0 Å². The van der Waals surface area contributed by atoms with Gasteiger partial charge in [-0.1, -0.05) is 24.6 Å². The number of nitrogens with zero attached hydrogens (tertiary/aromatic N) is 1. The van der Waals surface area contributed by atoms with Gasteiger partial charge in [-0.05, 0) is 24.5 Å². The van der Waals surface area contributed by atoms with E-state index in [4.69, 9.17) is 16.9 Å². The summed E-state index contributed by atoms with van der Waals surface area (Å²) in [5.41, 5.74) is 1.41. The van der Waals surface area contributed by atoms with Gasteiger partial charge < -0.3 is 5.32 Å². The molecule has 3 heteroatoms. The van der Waals surface area contributed by atoms with Crippen LogP contribution >= 0.6 is 11.6 Å². The lowest BCUT2D eigenvalue weighted by Crippen LogP contribution is -2.05. The average Bonchev–Trinajstić information content (AvgIpc) is 2.82. The van der Waals surface area contributed by atoms with Crippen molar-refractivity contribution < 1.29 is 0 Å². The Morgan fingerprint density at radius 2 is 2.29 bits per heavy atom. The van der Waals surface area contributed by atoms with E-state index in [0.717, 1.165) is 5.69 Å². The predicted octanol–water partition coefficient (Wildman–Crippen LogP) is 3.03. The van der Waals surface area contributed by atoms with Gasteiger partial charge in [0.1, 0.15) is 6.07 Å². The number of rotatable bonds is 2. The van der Waals surface area contributed by atoms with Crippen LogP contribution in [0, 0.1) is 17.2 Å². The van der Waals surface area contributed by atoms with Crippen molar-refractivity contribution in [2.24, 2.45) is 5.92 Å². The van der Waals surface area contributed by atoms with Crippen LogP contribution in [0.4, 0.5) is 5.69 Å². The maximum atomic E-state index is 8.92. The molecule has 1 aromatic rings. The van der Waals surface area contributed by atoms with Crippen LogP contribution in [0.25, 0.3) is 0 Å². The molecule has 1 aliphatic carbocycles. The molecule has 1 saturated carbocycles. The summed E-state index contributed by atoms with van der Waals surface area (Å²) in [6, 6.07) is 8.13. The number of nitriles is 1. The van der Waals surface area contributed by atoms with Gasteiger partial charge in [0, 0.05) is 6.04 Å². The zero-order valence-electron chi connectivity index (χ0n) is 7.92. The average molecular weight is 207 g/mol. The molecule has 1 fully saturated rings. The van der Waals surface area contributed by atoms with Crippen molar-refractivity contribution >= 4 is 17.3 Å². The fourth-order valence-electron chi connectivity index (χ4n) is 1.48. The van der Waals surface area contributed by atoms with E-state index in [1.165, 1.54) is 6.42 Å². The largest absolute Gasteiger partial charge is 0.381 e. The molecule has 1 N–H and O–H groups in total. The van der Waals surface area contributed by atoms with Gasteiger partial charge in [-0.25, -0.2) is 0 Å². The number of anilines is 1. The Bertz CT molecular complexity index is 395. The van der Waals surface area contributed by atoms with Gasteiger partial charge in [0.15, 0.2) is 0 Å². The second kappa shape index (κ2) is 3.51. The molecule has 0 heterocycles. The number of halogens is 1. The SMILES string of the molecule is CC1CC1Nc1cccc(Cl)c1C#N. The quantitative estimate of drug-likeness (QED) is 0.808. The minimum absolute atomic E-state index is 0.514. The van der Waals surface area contributed by atoms with E-state index < -0.39 is 0 Å². The Balaban J connectivity index is 2.24. The van der Waals surface area contributed by atoms with Gasteiger partial charge in [-0.2, -0.15) is 5.26 Å². The highest BCUT2D eigenvalue weighted by Crippen LogP contribution is 2.34. The highest BCUT2D eigenvalue weighted by atomic mass is 35.5. The first-order valence-corrected chi connectivity index (χ1v) is 5.05. The molecule has 0 saturated heterocycles. The second-order valence-corrected chi connectivity index (χ2v) is 4.15. The number of benzene rings is 1. The van der Waals surface area contributed by atoms with E-state index in [9.17, 15) is 0 Å². The Kier molecular flexibility index (Phi) is 2.35. The van der Waals surface area contributed by atoms with Crippen molar-refractivity contribution in [3.63, 3.8) is 0 Å². The van der Waals surface area contributed by atoms with Crippen LogP contribution in [0.15, 0.2) is 18.2 Å². The van der Waals surface area contributed by atoms with E-state index in [1.807, 2.05) is 12.1 Å². The highest BCUT2D eigenvalue weighted by Gasteiger charge is 2.32. The summed E-state index contributed by atoms with van der Waals surface area (Å²) in [4.78, 5) is 0. The monoisotopic (exact) mass is 206 g/mol. The molecule has 72 valence electrons. The Morgan fingerprint density at radius 1 is 1.57 bits per heavy atom. The summed E-state index contributed by atoms with van der Waals surface area (Å²) >= 11 is 5.91. The first-order valence-electron chi connectivity index (χ1n) is 4.67. The lowest BCUT2D eigenvalue weighted by molar-refractivity contribution is 0.929. The van der Waals surface area contributed by atoms with Crippen LogP contribution in [0.2, 0.25) is 5.02 Å². The first kappa shape index (κ1) is 9.36. The first-order chi connectivity index (χ1) is 6.72. The van der Waals surface area contributed by atoms with Gasteiger partial charge in [0.05, 0.1) is 16.3 Å². The normalized spacial score (nSPS) is 24.1. The number of hydrogen-bond acceptors (Lipinski definition) is 2. The molecule has 2 nitrogen and oxygen atoms in total. The van der Waals surface area contributed by atoms with Crippen LogP contribution in [0.1, 0.15) is 18.9 Å². The van der Waals surface area contributed by atoms with E-state index in [1.54, 1.807) is 6.07 Å². The zero-order chi connectivity index (χ0) is 10.1. The minimum Gasteiger partial charge on any atom is -0.381 e. The third-order valence-electron chi connectivity index (χ3n) is 2.58. The smallest absolute Gasteiger partial charge is 0.103 e. The Hall–Kier alpha value is -1.20. The van der Waals surface area contributed by atoms with Gasteiger partial charge in [-0.3, -0.25) is 0 Å². The van der Waals surface area contributed by atoms with Crippen LogP contribution in [-0.4, -0.2) is 6.04 Å². The van der Waals surface area contributed by atoms with Crippen molar-refractivity contribution in [1.29, 1.82) is 5.26 Å². The van der Waals surface area contributed by atoms with Crippen molar-refractivity contribution in [2.75, 3.05) is 5.32 Å². The fraction of sp³-hybridized carbons (Fsp3) is 0.364. The maximum absolute atomic E-state index is 8.92. The molecule has 14 heavy (non-hydrogen) atoms. The summed E-state index contributed by atoms with van der Waals surface area (Å²) < 4.78 is 0. The standard InChI is InChI=1S/C11H11ClN2/c1-7-5-11(7)14-10-4-2-3-9(12)8(10)6-13/h2-4,7,11,14H,5H2,1H3. The van der Waals surface area contributed by atoms with Crippen molar-refractivity contribution in [3.05, 3.63) is 28.8 Å². The van der Waals surface area contributed by atoms with Crippen LogP contribution in [0.5, 0.6) is 0 Å². The molecule has 2 atom stereocenters. The fourth-order valence-corrected chi connectivity index (χ4v) is 1.70. The maximum Gasteiger partial charge on any atom is 0.103 e. The molecule has 0 amide bonds. The van der Waals surface area contributed by atoms with Gasteiger partial charge in [-0.15, -0.1) is 0 Å². The van der Waals surface area contributed by atoms with Crippen LogP contribution in [-0.2, 0) is 0 Å². The molecule has 1 aliphatic rings. The molecule has 0 spiro atoms. The summed E-state index contributed by atoms with van der Waals surface area (Å²) in [5.74, 6) is 0.709. The summed E-state index contributed by atoms with van der Waals surface area (Å²) in [6.07, 6.45) is 1.18. The summed E-state index contributed by atoms with van der Waals surface area (Å²) in [5, 5.41) is 12.8. The third kappa shape index (κ3) is 1.69. The molecule has 1 aromatic carbocycles. The third-order valence-corrected chi connectivity index (χ3v) is 2.89. The molecule has 0 bridgehead atoms. The lowest BCUT2D eigenvalue weighted by Gasteiger charge is -2.07. The molecule has 0 aliphatic heterocycles. The predicted molar refractivity (Wildman–Crippen MR) is 57.4 cm³/mol. The number of nitrogens with one attached hydrogen (secondary N) is 1. The second-order valence-electron chi connectivity index (χ2n) is 3.74. The summed E-state index contributed by atoms with van der Waals surface area (Å²) in [7, 11) is 0. The minimum atomic E-state index is 0.514.